The van der Waals surface area contributed by atoms with Crippen LogP contribution in [0.1, 0.15) is 0 Å². The number of aliphatic carboxylic acids is 1. The van der Waals surface area contributed by atoms with E-state index >= 15 is 0 Å². The molecule has 0 aromatic carbocycles. The van der Waals surface area contributed by atoms with Gasteiger partial charge in [-0.15, -0.1) is 0 Å². The molecule has 1 aromatic rings. The van der Waals surface area contributed by atoms with E-state index in [-0.39, 0.29) is 11.7 Å². The van der Waals surface area contributed by atoms with Crippen molar-refractivity contribution in [3.8, 4) is 5.88 Å². The molecule has 2 rings (SSSR count). The normalized spacial score (nSPS) is 21.1. The molecule has 2 N–H and O–H groups in total. The molecule has 1 saturated heterocycles. The molecule has 1 fully saturated rings. The van der Waals surface area contributed by atoms with Crippen molar-refractivity contribution in [1.29, 1.82) is 0 Å². The van der Waals surface area contributed by atoms with Crippen LogP contribution in [0.4, 0.5) is 23.8 Å². The Hall–Kier alpha value is -2.59. The molecule has 2 heterocycles. The van der Waals surface area contributed by atoms with Crippen molar-refractivity contribution in [2.24, 2.45) is 11.8 Å². The van der Waals surface area contributed by atoms with E-state index in [9.17, 15) is 22.8 Å². The number of nitrogens with zero attached hydrogens (tertiary/aromatic N) is 3. The fourth-order valence-corrected chi connectivity index (χ4v) is 2.26. The molecule has 1 aliphatic rings. The zero-order valence-corrected chi connectivity index (χ0v) is 11.9. The van der Waals surface area contributed by atoms with Gasteiger partial charge in [0.2, 0.25) is 5.88 Å². The van der Waals surface area contributed by atoms with Gasteiger partial charge in [-0.25, -0.2) is 14.8 Å². The second kappa shape index (κ2) is 6.26. The Morgan fingerprint density at radius 1 is 1.39 bits per heavy atom. The quantitative estimate of drug-likeness (QED) is 0.861. The summed E-state index contributed by atoms with van der Waals surface area (Å²) in [5, 5.41) is 11.2. The number of hydrogen-bond acceptors (Lipinski definition) is 5. The van der Waals surface area contributed by atoms with Crippen molar-refractivity contribution in [1.82, 2.24) is 14.9 Å². The van der Waals surface area contributed by atoms with Crippen LogP contribution in [0.2, 0.25) is 0 Å². The highest BCUT2D eigenvalue weighted by atomic mass is 19.4. The number of amides is 2. The number of methoxy groups -OCH3 is 1. The van der Waals surface area contributed by atoms with Gasteiger partial charge in [0.1, 0.15) is 12.1 Å². The minimum Gasteiger partial charge on any atom is -0.481 e. The maximum absolute atomic E-state index is 12.9. The van der Waals surface area contributed by atoms with Crippen molar-refractivity contribution in [3.63, 3.8) is 0 Å². The lowest BCUT2D eigenvalue weighted by Gasteiger charge is -2.18. The van der Waals surface area contributed by atoms with E-state index in [0.29, 0.717) is 0 Å². The van der Waals surface area contributed by atoms with Gasteiger partial charge in [-0.3, -0.25) is 10.1 Å². The lowest BCUT2D eigenvalue weighted by molar-refractivity contribution is -0.187. The monoisotopic (exact) mass is 334 g/mol. The first-order valence-corrected chi connectivity index (χ1v) is 6.44. The van der Waals surface area contributed by atoms with E-state index in [1.165, 1.54) is 13.2 Å². The Kier molecular flexibility index (Phi) is 4.57. The molecule has 11 heteroatoms. The average molecular weight is 334 g/mol. The van der Waals surface area contributed by atoms with Crippen LogP contribution in [0.25, 0.3) is 0 Å². The van der Waals surface area contributed by atoms with Crippen LogP contribution in [0.15, 0.2) is 12.4 Å². The summed E-state index contributed by atoms with van der Waals surface area (Å²) < 4.78 is 43.5. The van der Waals surface area contributed by atoms with Gasteiger partial charge in [-0.1, -0.05) is 0 Å². The highest BCUT2D eigenvalue weighted by Gasteiger charge is 2.53. The third-order valence-corrected chi connectivity index (χ3v) is 3.43. The molecule has 2 atom stereocenters. The third-order valence-electron chi connectivity index (χ3n) is 3.43. The van der Waals surface area contributed by atoms with Gasteiger partial charge in [0.05, 0.1) is 18.9 Å². The number of aromatic nitrogens is 2. The van der Waals surface area contributed by atoms with Gasteiger partial charge in [-0.2, -0.15) is 13.2 Å². The van der Waals surface area contributed by atoms with Crippen molar-refractivity contribution < 1.29 is 32.6 Å². The standard InChI is InChI=1S/C12H13F3N4O4/c1-23-9-2-8(16-5-17-9)18-11(22)19-3-6(10(20)21)7(4-19)12(13,14)15/h2,5-7H,3-4H2,1H3,(H,20,21)(H,16,17,18,22)/t6-,7-/m1/s1. The lowest BCUT2D eigenvalue weighted by Crippen LogP contribution is -2.35. The number of urea groups is 1. The molecular weight excluding hydrogens is 321 g/mol. The van der Waals surface area contributed by atoms with E-state index in [1.807, 2.05) is 0 Å². The smallest absolute Gasteiger partial charge is 0.394 e. The maximum atomic E-state index is 12.9. The Morgan fingerprint density at radius 3 is 2.61 bits per heavy atom. The number of carboxylic acids is 1. The van der Waals surface area contributed by atoms with Gasteiger partial charge in [-0.05, 0) is 0 Å². The van der Waals surface area contributed by atoms with Gasteiger partial charge >= 0.3 is 18.2 Å². The highest BCUT2D eigenvalue weighted by molar-refractivity contribution is 5.89. The minimum atomic E-state index is -4.70. The second-order valence-electron chi connectivity index (χ2n) is 4.87. The fourth-order valence-electron chi connectivity index (χ4n) is 2.26. The number of carboxylic acid groups (broad SMARTS) is 1. The summed E-state index contributed by atoms with van der Waals surface area (Å²) in [5.74, 6) is -5.20. The fraction of sp³-hybridized carbons (Fsp3) is 0.500. The summed E-state index contributed by atoms with van der Waals surface area (Å²) in [6.07, 6.45) is -3.59. The molecule has 0 saturated carbocycles. The predicted molar refractivity (Wildman–Crippen MR) is 69.8 cm³/mol. The molecule has 23 heavy (non-hydrogen) atoms. The predicted octanol–water partition coefficient (Wildman–Crippen LogP) is 1.21. The molecule has 0 spiro atoms. The average Bonchev–Trinajstić information content (AvgIpc) is 2.93. The number of carbonyl (C=O) groups is 2. The first-order chi connectivity index (χ1) is 10.7. The zero-order valence-electron chi connectivity index (χ0n) is 11.9. The molecule has 0 aliphatic carbocycles. The highest BCUT2D eigenvalue weighted by Crippen LogP contribution is 2.37. The van der Waals surface area contributed by atoms with Gasteiger partial charge in [0.15, 0.2) is 0 Å². The van der Waals surface area contributed by atoms with E-state index in [4.69, 9.17) is 9.84 Å². The Bertz CT molecular complexity index is 610. The number of anilines is 1. The Morgan fingerprint density at radius 2 is 2.09 bits per heavy atom. The number of likely N-dealkylation sites (tertiary alicyclic amines) is 1. The number of halogens is 3. The summed E-state index contributed by atoms with van der Waals surface area (Å²) in [4.78, 5) is 31.2. The van der Waals surface area contributed by atoms with Crippen molar-refractivity contribution in [2.75, 3.05) is 25.5 Å². The molecule has 0 radical (unpaired) electrons. The molecule has 0 unspecified atom stereocenters. The second-order valence-corrected chi connectivity index (χ2v) is 4.87. The van der Waals surface area contributed by atoms with Gasteiger partial charge in [0.25, 0.3) is 0 Å². The number of rotatable bonds is 3. The van der Waals surface area contributed by atoms with Crippen LogP contribution in [0.3, 0.4) is 0 Å². The van der Waals surface area contributed by atoms with Crippen LogP contribution >= 0.6 is 0 Å². The molecular formula is C12H13F3N4O4. The molecule has 0 bridgehead atoms. The summed E-state index contributed by atoms with van der Waals surface area (Å²) in [7, 11) is 1.35. The number of ether oxygens (including phenoxy) is 1. The summed E-state index contributed by atoms with van der Waals surface area (Å²) in [6, 6.07) is 0.410. The van der Waals surface area contributed by atoms with E-state index in [2.05, 4.69) is 15.3 Å². The van der Waals surface area contributed by atoms with Crippen molar-refractivity contribution >= 4 is 17.8 Å². The number of hydrogen-bond donors (Lipinski definition) is 2. The summed E-state index contributed by atoms with van der Waals surface area (Å²) in [5.41, 5.74) is 0. The van der Waals surface area contributed by atoms with Gasteiger partial charge < -0.3 is 14.7 Å². The van der Waals surface area contributed by atoms with Crippen LogP contribution in [-0.2, 0) is 4.79 Å². The molecule has 8 nitrogen and oxygen atoms in total. The van der Waals surface area contributed by atoms with E-state index in [0.717, 1.165) is 11.2 Å². The number of nitrogens with one attached hydrogen (secondary N) is 1. The van der Waals surface area contributed by atoms with E-state index < -0.39 is 43.1 Å². The van der Waals surface area contributed by atoms with Crippen molar-refractivity contribution in [2.45, 2.75) is 6.18 Å². The van der Waals surface area contributed by atoms with Gasteiger partial charge in [0, 0.05) is 19.2 Å². The van der Waals surface area contributed by atoms with E-state index in [1.54, 1.807) is 0 Å². The van der Waals surface area contributed by atoms with Crippen molar-refractivity contribution in [3.05, 3.63) is 12.4 Å². The number of carbonyl (C=O) groups excluding carboxylic acids is 1. The van der Waals surface area contributed by atoms with Crippen LogP contribution in [0.5, 0.6) is 5.88 Å². The minimum absolute atomic E-state index is 0.0317. The summed E-state index contributed by atoms with van der Waals surface area (Å²) in [6.45, 7) is -1.26. The first-order valence-electron chi connectivity index (χ1n) is 6.44. The Labute approximate surface area is 128 Å². The van der Waals surface area contributed by atoms with Crippen LogP contribution < -0.4 is 10.1 Å². The maximum Gasteiger partial charge on any atom is 0.394 e. The summed E-state index contributed by atoms with van der Waals surface area (Å²) >= 11 is 0. The SMILES string of the molecule is COc1cc(NC(=O)N2C[C@@H](C(F)(F)F)[C@H](C(=O)O)C2)ncn1. The molecule has 126 valence electrons. The molecule has 1 aliphatic heterocycles. The molecule has 2 amide bonds. The zero-order chi connectivity index (χ0) is 17.2. The third kappa shape index (κ3) is 3.79. The lowest BCUT2D eigenvalue weighted by atomic mass is 9.96. The largest absolute Gasteiger partial charge is 0.481 e. The first kappa shape index (κ1) is 16.8. The molecule has 1 aromatic heterocycles. The topological polar surface area (TPSA) is 105 Å². The van der Waals surface area contributed by atoms with Crippen LogP contribution in [-0.4, -0.2) is 58.4 Å². The Balaban J connectivity index is 2.09. The number of alkyl halides is 3. The van der Waals surface area contributed by atoms with Crippen LogP contribution in [0, 0.1) is 11.8 Å².